The lowest BCUT2D eigenvalue weighted by molar-refractivity contribution is -0.120. The van der Waals surface area contributed by atoms with Gasteiger partial charge in [-0.2, -0.15) is 0 Å². The van der Waals surface area contributed by atoms with Crippen molar-refractivity contribution in [3.63, 3.8) is 0 Å². The molecule has 2 aromatic heterocycles. The van der Waals surface area contributed by atoms with Crippen molar-refractivity contribution >= 4 is 40.8 Å². The number of amides is 3. The molecule has 1 aliphatic heterocycles. The molecule has 5 rings (SSSR count). The zero-order valence-electron chi connectivity index (χ0n) is 20.4. The van der Waals surface area contributed by atoms with Crippen molar-refractivity contribution in [2.45, 2.75) is 25.9 Å². The van der Waals surface area contributed by atoms with Crippen LogP contribution in [0.4, 0.5) is 11.5 Å². The molecule has 0 bridgehead atoms. The first-order valence-electron chi connectivity index (χ1n) is 11.9. The minimum absolute atomic E-state index is 0.140. The lowest BCUT2D eigenvalue weighted by atomic mass is 10.1. The van der Waals surface area contributed by atoms with Crippen LogP contribution in [-0.2, 0) is 17.8 Å². The number of nitrogens with zero attached hydrogens (tertiary/aromatic N) is 4. The van der Waals surface area contributed by atoms with E-state index in [1.165, 1.54) is 4.90 Å². The van der Waals surface area contributed by atoms with Crippen LogP contribution in [0, 0.1) is 6.92 Å². The van der Waals surface area contributed by atoms with E-state index in [-0.39, 0.29) is 30.7 Å². The lowest BCUT2D eigenvalue weighted by Gasteiger charge is -2.28. The van der Waals surface area contributed by atoms with E-state index >= 15 is 0 Å². The Balaban J connectivity index is 1.40. The zero-order valence-corrected chi connectivity index (χ0v) is 21.1. The molecule has 0 saturated carbocycles. The summed E-state index contributed by atoms with van der Waals surface area (Å²) < 4.78 is 0. The van der Waals surface area contributed by atoms with Crippen LogP contribution in [0.3, 0.4) is 0 Å². The summed E-state index contributed by atoms with van der Waals surface area (Å²) in [7, 11) is 0. The number of aromatic nitrogens is 3. The lowest BCUT2D eigenvalue weighted by Crippen LogP contribution is -2.46. The minimum Gasteiger partial charge on any atom is -0.323 e. The molecule has 1 unspecified atom stereocenters. The molecular formula is C28H23ClN6O3. The number of pyridine rings is 1. The largest absolute Gasteiger partial charge is 0.323 e. The van der Waals surface area contributed by atoms with E-state index in [1.54, 1.807) is 73.3 Å². The molecule has 3 amide bonds. The Hall–Kier alpha value is -4.63. The summed E-state index contributed by atoms with van der Waals surface area (Å²) in [6.07, 6.45) is 6.51. The summed E-state index contributed by atoms with van der Waals surface area (Å²) in [5.41, 5.74) is 3.45. The maximum atomic E-state index is 13.7. The number of benzene rings is 2. The highest BCUT2D eigenvalue weighted by atomic mass is 35.5. The first-order valence-corrected chi connectivity index (χ1v) is 12.2. The molecule has 10 heteroatoms. The van der Waals surface area contributed by atoms with Crippen molar-refractivity contribution in [2.75, 3.05) is 10.6 Å². The first-order chi connectivity index (χ1) is 18.4. The van der Waals surface area contributed by atoms with Gasteiger partial charge < -0.3 is 15.5 Å². The van der Waals surface area contributed by atoms with Gasteiger partial charge in [0.25, 0.3) is 11.8 Å². The van der Waals surface area contributed by atoms with Crippen LogP contribution < -0.4 is 10.6 Å². The molecule has 0 spiro atoms. The van der Waals surface area contributed by atoms with Crippen LogP contribution in [0.1, 0.15) is 37.5 Å². The van der Waals surface area contributed by atoms with Crippen molar-refractivity contribution < 1.29 is 14.4 Å². The Morgan fingerprint density at radius 1 is 1.03 bits per heavy atom. The fourth-order valence-electron chi connectivity index (χ4n) is 4.17. The first kappa shape index (κ1) is 25.0. The Morgan fingerprint density at radius 3 is 2.55 bits per heavy atom. The van der Waals surface area contributed by atoms with Crippen molar-refractivity contribution in [1.82, 2.24) is 19.9 Å². The van der Waals surface area contributed by atoms with Gasteiger partial charge in [0, 0.05) is 48.3 Å². The van der Waals surface area contributed by atoms with Crippen molar-refractivity contribution in [3.8, 4) is 0 Å². The summed E-state index contributed by atoms with van der Waals surface area (Å²) in [6, 6.07) is 14.4. The number of fused-ring (bicyclic) bond motifs is 1. The van der Waals surface area contributed by atoms with Crippen LogP contribution >= 0.6 is 11.6 Å². The Labute approximate surface area is 223 Å². The molecule has 4 aromatic rings. The van der Waals surface area contributed by atoms with Crippen molar-refractivity contribution in [1.29, 1.82) is 0 Å². The number of rotatable bonds is 6. The molecular weight excluding hydrogens is 504 g/mol. The van der Waals surface area contributed by atoms with Crippen LogP contribution in [0.15, 0.2) is 79.4 Å². The number of aryl methyl sites for hydroxylation is 1. The molecule has 2 N–H and O–H groups in total. The van der Waals surface area contributed by atoms with Gasteiger partial charge >= 0.3 is 0 Å². The summed E-state index contributed by atoms with van der Waals surface area (Å²) in [5, 5.41) is 6.01. The maximum Gasteiger partial charge on any atom is 0.256 e. The Kier molecular flexibility index (Phi) is 7.10. The van der Waals surface area contributed by atoms with Gasteiger partial charge in [0.15, 0.2) is 0 Å². The second-order valence-corrected chi connectivity index (χ2v) is 9.34. The number of nitrogens with one attached hydrogen (secondary N) is 2. The highest BCUT2D eigenvalue weighted by molar-refractivity contribution is 6.31. The van der Waals surface area contributed by atoms with Crippen LogP contribution in [-0.4, -0.2) is 43.6 Å². The smallest absolute Gasteiger partial charge is 0.256 e. The quantitative estimate of drug-likeness (QED) is 0.387. The average Bonchev–Trinajstić information content (AvgIpc) is 3.00. The summed E-state index contributed by atoms with van der Waals surface area (Å²) in [4.78, 5) is 53.7. The molecule has 0 saturated heterocycles. The predicted octanol–water partition coefficient (Wildman–Crippen LogP) is 4.29. The van der Waals surface area contributed by atoms with E-state index in [1.807, 2.05) is 13.0 Å². The highest BCUT2D eigenvalue weighted by Gasteiger charge is 2.36. The molecule has 0 fully saturated rings. The van der Waals surface area contributed by atoms with Gasteiger partial charge in [0.2, 0.25) is 5.91 Å². The Morgan fingerprint density at radius 2 is 1.84 bits per heavy atom. The maximum absolute atomic E-state index is 13.7. The average molecular weight is 527 g/mol. The van der Waals surface area contributed by atoms with Crippen LogP contribution in [0.2, 0.25) is 5.02 Å². The third kappa shape index (κ3) is 5.52. The highest BCUT2D eigenvalue weighted by Crippen LogP contribution is 2.28. The third-order valence-electron chi connectivity index (χ3n) is 6.15. The molecule has 38 heavy (non-hydrogen) atoms. The second-order valence-electron chi connectivity index (χ2n) is 8.90. The number of carbonyl (C=O) groups excluding carboxylic acids is 3. The van der Waals surface area contributed by atoms with Crippen molar-refractivity contribution in [3.05, 3.63) is 112 Å². The molecule has 2 aromatic carbocycles. The van der Waals surface area contributed by atoms with E-state index in [4.69, 9.17) is 11.6 Å². The summed E-state index contributed by atoms with van der Waals surface area (Å²) in [5.74, 6) is -0.524. The molecule has 9 nitrogen and oxygen atoms in total. The van der Waals surface area contributed by atoms with E-state index in [2.05, 4.69) is 25.6 Å². The third-order valence-corrected chi connectivity index (χ3v) is 6.39. The number of hydrogen-bond acceptors (Lipinski definition) is 6. The standard InChI is InChI=1S/C28H23ClN6O3/c1-17-2-9-25(32-14-17)34-26(36)19-5-3-18(4-6-19)16-35-24(13-21-15-30-10-11-31-21)27(37)33-23-12-20(29)7-8-22(23)28(35)38/h2-12,14-15,24H,13,16H2,1H3,(H,33,37)(H,32,34,36). The number of carbonyl (C=O) groups is 3. The van der Waals surface area contributed by atoms with Gasteiger partial charge in [0.05, 0.1) is 16.9 Å². The molecule has 1 atom stereocenters. The van der Waals surface area contributed by atoms with Crippen LogP contribution in [0.25, 0.3) is 0 Å². The molecule has 1 aliphatic rings. The summed E-state index contributed by atoms with van der Waals surface area (Å²) >= 11 is 6.12. The molecule has 0 radical (unpaired) electrons. The van der Waals surface area contributed by atoms with E-state index < -0.39 is 6.04 Å². The fraction of sp³-hybridized carbons (Fsp3) is 0.143. The minimum atomic E-state index is -0.846. The molecule has 190 valence electrons. The number of anilines is 2. The Bertz CT molecular complexity index is 1490. The summed E-state index contributed by atoms with van der Waals surface area (Å²) in [6.45, 7) is 2.06. The van der Waals surface area contributed by atoms with Gasteiger partial charge in [-0.05, 0) is 54.4 Å². The van der Waals surface area contributed by atoms with E-state index in [0.29, 0.717) is 33.3 Å². The topological polar surface area (TPSA) is 117 Å². The molecule has 0 aliphatic carbocycles. The van der Waals surface area contributed by atoms with Gasteiger partial charge in [0.1, 0.15) is 11.9 Å². The van der Waals surface area contributed by atoms with Gasteiger partial charge in [-0.1, -0.05) is 29.8 Å². The number of halogens is 1. The number of hydrogen-bond donors (Lipinski definition) is 2. The van der Waals surface area contributed by atoms with Crippen LogP contribution in [0.5, 0.6) is 0 Å². The normalized spacial score (nSPS) is 14.9. The second kappa shape index (κ2) is 10.8. The SMILES string of the molecule is Cc1ccc(NC(=O)c2ccc(CN3C(=O)c4ccc(Cl)cc4NC(=O)C3Cc3cnccn3)cc2)nc1. The fourth-order valence-corrected chi connectivity index (χ4v) is 4.34. The van der Waals surface area contributed by atoms with Gasteiger partial charge in [-0.25, -0.2) is 4.98 Å². The van der Waals surface area contributed by atoms with E-state index in [9.17, 15) is 14.4 Å². The monoisotopic (exact) mass is 526 g/mol. The van der Waals surface area contributed by atoms with E-state index in [0.717, 1.165) is 11.1 Å². The van der Waals surface area contributed by atoms with Gasteiger partial charge in [-0.15, -0.1) is 0 Å². The van der Waals surface area contributed by atoms with Gasteiger partial charge in [-0.3, -0.25) is 24.4 Å². The predicted molar refractivity (Wildman–Crippen MR) is 143 cm³/mol. The molecule has 3 heterocycles. The zero-order chi connectivity index (χ0) is 26.6. The van der Waals surface area contributed by atoms with Crippen molar-refractivity contribution in [2.24, 2.45) is 0 Å².